The van der Waals surface area contributed by atoms with Crippen molar-refractivity contribution in [2.24, 2.45) is 5.92 Å². The molecule has 0 aliphatic carbocycles. The fraction of sp³-hybridized carbons (Fsp3) is 0.391. The Hall–Kier alpha value is -2.26. The van der Waals surface area contributed by atoms with E-state index in [4.69, 9.17) is 4.74 Å². The van der Waals surface area contributed by atoms with Crippen molar-refractivity contribution in [2.75, 3.05) is 26.7 Å². The molecule has 2 bridgehead atoms. The third-order valence-electron chi connectivity index (χ3n) is 6.05. The minimum Gasteiger partial charge on any atom is -0.369 e. The SMILES string of the molecule is COC1(C#CC(O)(c2ccc(F)cc2)c2ccc(F)cc2)CN2CCC1CC2. The zero-order valence-corrected chi connectivity index (χ0v) is 15.8. The van der Waals surface area contributed by atoms with Crippen LogP contribution in [0.4, 0.5) is 8.78 Å². The van der Waals surface area contributed by atoms with Crippen molar-refractivity contribution < 1.29 is 18.6 Å². The van der Waals surface area contributed by atoms with E-state index in [1.54, 1.807) is 7.11 Å². The lowest BCUT2D eigenvalue weighted by molar-refractivity contribution is -0.0964. The van der Waals surface area contributed by atoms with Gasteiger partial charge in [0.15, 0.2) is 5.60 Å². The summed E-state index contributed by atoms with van der Waals surface area (Å²) >= 11 is 0. The number of hydrogen-bond donors (Lipinski definition) is 1. The van der Waals surface area contributed by atoms with E-state index in [-0.39, 0.29) is 0 Å². The van der Waals surface area contributed by atoms with Gasteiger partial charge in [-0.05, 0) is 50.2 Å². The second-order valence-electron chi connectivity index (χ2n) is 7.62. The molecule has 1 N–H and O–H groups in total. The molecule has 0 amide bonds. The van der Waals surface area contributed by atoms with E-state index >= 15 is 0 Å². The van der Waals surface area contributed by atoms with Crippen molar-refractivity contribution in [3.8, 4) is 11.8 Å². The first-order chi connectivity index (χ1) is 13.4. The molecule has 3 saturated heterocycles. The smallest absolute Gasteiger partial charge is 0.176 e. The number of ether oxygens (including phenoxy) is 1. The van der Waals surface area contributed by atoms with E-state index in [0.717, 1.165) is 25.9 Å². The predicted molar refractivity (Wildman–Crippen MR) is 102 cm³/mol. The Bertz CT molecular complexity index is 847. The van der Waals surface area contributed by atoms with Crippen LogP contribution in [-0.4, -0.2) is 42.4 Å². The third-order valence-corrected chi connectivity index (χ3v) is 6.05. The van der Waals surface area contributed by atoms with E-state index in [0.29, 0.717) is 23.6 Å². The molecule has 3 fully saturated rings. The molecule has 146 valence electrons. The van der Waals surface area contributed by atoms with E-state index in [1.807, 2.05) is 0 Å². The number of methoxy groups -OCH3 is 1. The highest BCUT2D eigenvalue weighted by atomic mass is 19.1. The van der Waals surface area contributed by atoms with Crippen LogP contribution < -0.4 is 0 Å². The van der Waals surface area contributed by atoms with Crippen molar-refractivity contribution in [2.45, 2.75) is 24.0 Å². The molecule has 3 aliphatic heterocycles. The molecule has 3 aliphatic rings. The number of rotatable bonds is 3. The molecule has 2 aromatic carbocycles. The van der Waals surface area contributed by atoms with Gasteiger partial charge in [-0.3, -0.25) is 4.90 Å². The van der Waals surface area contributed by atoms with Gasteiger partial charge in [0.1, 0.15) is 17.2 Å². The fourth-order valence-corrected chi connectivity index (χ4v) is 4.33. The lowest BCUT2D eigenvalue weighted by Gasteiger charge is -2.49. The maximum atomic E-state index is 13.4. The molecule has 5 heteroatoms. The summed E-state index contributed by atoms with van der Waals surface area (Å²) in [5, 5.41) is 11.6. The average molecular weight is 383 g/mol. The van der Waals surface area contributed by atoms with E-state index in [2.05, 4.69) is 16.7 Å². The fourth-order valence-electron chi connectivity index (χ4n) is 4.33. The zero-order chi connectivity index (χ0) is 19.8. The van der Waals surface area contributed by atoms with Gasteiger partial charge in [0.05, 0.1) is 0 Å². The molecule has 28 heavy (non-hydrogen) atoms. The van der Waals surface area contributed by atoms with Gasteiger partial charge in [-0.2, -0.15) is 0 Å². The molecular formula is C23H23F2NO2. The van der Waals surface area contributed by atoms with Gasteiger partial charge in [-0.1, -0.05) is 36.1 Å². The molecule has 5 rings (SSSR count). The van der Waals surface area contributed by atoms with Crippen molar-refractivity contribution in [3.63, 3.8) is 0 Å². The second kappa shape index (κ2) is 7.29. The van der Waals surface area contributed by atoms with Crippen LogP contribution in [0.5, 0.6) is 0 Å². The summed E-state index contributed by atoms with van der Waals surface area (Å²) in [5.41, 5.74) is -1.48. The van der Waals surface area contributed by atoms with Crippen LogP contribution in [-0.2, 0) is 10.3 Å². The molecule has 0 radical (unpaired) electrons. The Morgan fingerprint density at radius 2 is 1.50 bits per heavy atom. The monoisotopic (exact) mass is 383 g/mol. The molecule has 1 atom stereocenters. The quantitative estimate of drug-likeness (QED) is 0.826. The van der Waals surface area contributed by atoms with Crippen molar-refractivity contribution in [1.82, 2.24) is 4.90 Å². The summed E-state index contributed by atoms with van der Waals surface area (Å²) in [6.07, 6.45) is 2.02. The summed E-state index contributed by atoms with van der Waals surface area (Å²) < 4.78 is 32.7. The first-order valence-electron chi connectivity index (χ1n) is 9.51. The summed E-state index contributed by atoms with van der Waals surface area (Å²) in [6.45, 7) is 2.78. The highest BCUT2D eigenvalue weighted by Gasteiger charge is 2.46. The Morgan fingerprint density at radius 3 is 1.89 bits per heavy atom. The van der Waals surface area contributed by atoms with Crippen molar-refractivity contribution in [3.05, 3.63) is 71.3 Å². The van der Waals surface area contributed by atoms with Crippen molar-refractivity contribution >= 4 is 0 Å². The van der Waals surface area contributed by atoms with Gasteiger partial charge >= 0.3 is 0 Å². The standard InChI is InChI=1S/C23H23F2NO2/c1-28-22(16-26-14-10-17(22)11-15-26)12-13-23(27,18-2-6-20(24)7-3-18)19-4-8-21(25)9-5-19/h2-9,17,27H,10-11,14-16H2,1H3. The van der Waals surface area contributed by atoms with Gasteiger partial charge < -0.3 is 9.84 Å². The van der Waals surface area contributed by atoms with Crippen LogP contribution in [0.3, 0.4) is 0 Å². The number of nitrogens with zero attached hydrogens (tertiary/aromatic N) is 1. The van der Waals surface area contributed by atoms with Crippen molar-refractivity contribution in [1.29, 1.82) is 0 Å². The topological polar surface area (TPSA) is 32.7 Å². The molecule has 2 aromatic rings. The van der Waals surface area contributed by atoms with E-state index in [9.17, 15) is 13.9 Å². The van der Waals surface area contributed by atoms with E-state index in [1.165, 1.54) is 48.5 Å². The lowest BCUT2D eigenvalue weighted by atomic mass is 9.75. The zero-order valence-electron chi connectivity index (χ0n) is 15.8. The number of piperidine rings is 3. The number of aliphatic hydroxyl groups is 1. The molecule has 0 saturated carbocycles. The van der Waals surface area contributed by atoms with Gasteiger partial charge in [-0.25, -0.2) is 8.78 Å². The highest BCUT2D eigenvalue weighted by Crippen LogP contribution is 2.38. The highest BCUT2D eigenvalue weighted by molar-refractivity contribution is 5.45. The largest absolute Gasteiger partial charge is 0.369 e. The van der Waals surface area contributed by atoms with Crippen LogP contribution in [0.25, 0.3) is 0 Å². The minimum atomic E-state index is -1.70. The minimum absolute atomic E-state index is 0.306. The van der Waals surface area contributed by atoms with E-state index < -0.39 is 22.8 Å². The first-order valence-corrected chi connectivity index (χ1v) is 9.51. The van der Waals surface area contributed by atoms with Crippen LogP contribution >= 0.6 is 0 Å². The summed E-state index contributed by atoms with van der Waals surface area (Å²) in [4.78, 5) is 2.33. The van der Waals surface area contributed by atoms with Crippen LogP contribution in [0.2, 0.25) is 0 Å². The molecule has 0 aromatic heterocycles. The second-order valence-corrected chi connectivity index (χ2v) is 7.62. The predicted octanol–water partition coefficient (Wildman–Crippen LogP) is 3.31. The molecule has 3 heterocycles. The van der Waals surface area contributed by atoms with Gasteiger partial charge in [0, 0.05) is 30.7 Å². The Balaban J connectivity index is 1.80. The van der Waals surface area contributed by atoms with Crippen LogP contribution in [0.15, 0.2) is 48.5 Å². The van der Waals surface area contributed by atoms with Gasteiger partial charge in [-0.15, -0.1) is 0 Å². The first kappa shape index (κ1) is 19.1. The average Bonchev–Trinajstić information content (AvgIpc) is 2.74. The molecule has 3 nitrogen and oxygen atoms in total. The number of fused-ring (bicyclic) bond motifs is 3. The number of hydrogen-bond acceptors (Lipinski definition) is 3. The summed E-state index contributed by atoms with van der Waals surface area (Å²) in [6, 6.07) is 11.1. The van der Waals surface area contributed by atoms with Gasteiger partial charge in [0.2, 0.25) is 0 Å². The molecular weight excluding hydrogens is 360 g/mol. The lowest BCUT2D eigenvalue weighted by Crippen LogP contribution is -2.59. The Kier molecular flexibility index (Phi) is 4.96. The Labute approximate surface area is 163 Å². The Morgan fingerprint density at radius 1 is 1.00 bits per heavy atom. The van der Waals surface area contributed by atoms with Crippen LogP contribution in [0, 0.1) is 29.4 Å². The third kappa shape index (κ3) is 3.33. The molecule has 1 unspecified atom stereocenters. The molecule has 0 spiro atoms. The van der Waals surface area contributed by atoms with Crippen LogP contribution in [0.1, 0.15) is 24.0 Å². The summed E-state index contributed by atoms with van der Waals surface area (Å²) in [7, 11) is 1.66. The normalized spacial score (nSPS) is 26.6. The number of halogens is 2. The maximum absolute atomic E-state index is 13.4. The maximum Gasteiger partial charge on any atom is 0.176 e. The summed E-state index contributed by atoms with van der Waals surface area (Å²) in [5.74, 6) is 5.76. The number of benzene rings is 2. The van der Waals surface area contributed by atoms with Gasteiger partial charge in [0.25, 0.3) is 0 Å².